The van der Waals surface area contributed by atoms with Crippen LogP contribution in [0.2, 0.25) is 13.1 Å². The molecule has 0 saturated heterocycles. The van der Waals surface area contributed by atoms with Crippen molar-refractivity contribution in [3.8, 4) is 0 Å². The van der Waals surface area contributed by atoms with E-state index in [2.05, 4.69) is 25.2 Å². The minimum Gasteiger partial charge on any atom is -0.305 e. The van der Waals surface area contributed by atoms with Gasteiger partial charge in [0.05, 0.1) is 0 Å². The maximum atomic E-state index is 11.7. The quantitative estimate of drug-likeness (QED) is 0.670. The first-order valence-corrected chi connectivity index (χ1v) is 7.68. The predicted octanol–water partition coefficient (Wildman–Crippen LogP) is 2.12. The number of rotatable bonds is 3. The van der Waals surface area contributed by atoms with Crippen LogP contribution >= 0.6 is 0 Å². The van der Waals surface area contributed by atoms with Gasteiger partial charge >= 0.3 is 0 Å². The first-order valence-electron chi connectivity index (χ1n) is 4.68. The number of carbonyl (C=O) groups is 1. The lowest BCUT2D eigenvalue weighted by Gasteiger charge is -2.19. The second-order valence-electron chi connectivity index (χ2n) is 3.77. The highest BCUT2D eigenvalue weighted by molar-refractivity contribution is 7.13. The third-order valence-electron chi connectivity index (χ3n) is 2.51. The van der Waals surface area contributed by atoms with E-state index >= 15 is 0 Å². The molecule has 0 spiro atoms. The van der Waals surface area contributed by atoms with Gasteiger partial charge in [0.2, 0.25) is 0 Å². The third kappa shape index (κ3) is 2.07. The molecule has 1 aromatic rings. The monoisotopic (exact) mass is 192 g/mol. The molecule has 0 aromatic heterocycles. The maximum Gasteiger partial charge on any atom is 0.157 e. The zero-order chi connectivity index (χ0) is 9.90. The average molecular weight is 192 g/mol. The third-order valence-corrected chi connectivity index (χ3v) is 6.04. The van der Waals surface area contributed by atoms with Crippen molar-refractivity contribution in [2.75, 3.05) is 0 Å². The Morgan fingerprint density at radius 3 is 2.23 bits per heavy atom. The zero-order valence-electron chi connectivity index (χ0n) is 8.50. The van der Waals surface area contributed by atoms with Gasteiger partial charge in [0.15, 0.2) is 8.07 Å². The number of carbonyl (C=O) groups excluding carboxylic acids is 1. The van der Waals surface area contributed by atoms with Crippen LogP contribution in [0.3, 0.4) is 0 Å². The van der Waals surface area contributed by atoms with Gasteiger partial charge in [-0.05, 0) is 6.42 Å². The van der Waals surface area contributed by atoms with E-state index in [9.17, 15) is 4.79 Å². The Balaban J connectivity index is 3.00. The van der Waals surface area contributed by atoms with Gasteiger partial charge in [0, 0.05) is 0 Å². The summed E-state index contributed by atoms with van der Waals surface area (Å²) in [5.41, 5.74) is 0. The summed E-state index contributed by atoms with van der Waals surface area (Å²) in [4.78, 5) is 11.7. The van der Waals surface area contributed by atoms with E-state index in [-0.39, 0.29) is 0 Å². The normalized spacial score (nSPS) is 11.3. The van der Waals surface area contributed by atoms with Crippen LogP contribution in [0.4, 0.5) is 0 Å². The van der Waals surface area contributed by atoms with Crippen molar-refractivity contribution in [2.24, 2.45) is 0 Å². The van der Waals surface area contributed by atoms with Crippen LogP contribution in [-0.4, -0.2) is 13.5 Å². The van der Waals surface area contributed by atoms with Crippen molar-refractivity contribution >= 4 is 18.7 Å². The Morgan fingerprint density at radius 1 is 1.23 bits per heavy atom. The Bertz CT molecular complexity index is 290. The lowest BCUT2D eigenvalue weighted by Crippen LogP contribution is -2.49. The summed E-state index contributed by atoms with van der Waals surface area (Å²) in [5, 5.41) is 1.67. The van der Waals surface area contributed by atoms with E-state index < -0.39 is 8.07 Å². The maximum absolute atomic E-state index is 11.7. The van der Waals surface area contributed by atoms with Crippen molar-refractivity contribution in [2.45, 2.75) is 26.4 Å². The average Bonchev–Trinajstić information content (AvgIpc) is 2.18. The molecule has 1 rings (SSSR count). The molecule has 0 atom stereocenters. The number of benzene rings is 1. The molecule has 1 nitrogen and oxygen atoms in total. The second-order valence-corrected chi connectivity index (χ2v) is 8.15. The molecule has 0 bridgehead atoms. The van der Waals surface area contributed by atoms with E-state index in [0.29, 0.717) is 11.8 Å². The molecule has 0 unspecified atom stereocenters. The van der Waals surface area contributed by atoms with Crippen LogP contribution in [0.15, 0.2) is 30.3 Å². The summed E-state index contributed by atoms with van der Waals surface area (Å²) < 4.78 is 0. The van der Waals surface area contributed by atoms with Crippen LogP contribution in [0.25, 0.3) is 0 Å². The minimum atomic E-state index is -1.82. The van der Waals surface area contributed by atoms with Gasteiger partial charge in [-0.3, -0.25) is 0 Å². The summed E-state index contributed by atoms with van der Waals surface area (Å²) in [7, 11) is -1.82. The van der Waals surface area contributed by atoms with Crippen molar-refractivity contribution in [1.29, 1.82) is 0 Å². The molecule has 0 aliphatic rings. The van der Waals surface area contributed by atoms with Crippen LogP contribution < -0.4 is 5.19 Å². The molecule has 0 aliphatic carbocycles. The molecule has 0 radical (unpaired) electrons. The van der Waals surface area contributed by atoms with Crippen LogP contribution in [0, 0.1) is 0 Å². The number of hydrogen-bond acceptors (Lipinski definition) is 1. The molecule has 2 heteroatoms. The first kappa shape index (κ1) is 10.2. The topological polar surface area (TPSA) is 17.1 Å². The summed E-state index contributed by atoms with van der Waals surface area (Å²) in [6.45, 7) is 6.18. The van der Waals surface area contributed by atoms with E-state index in [4.69, 9.17) is 0 Å². The second kappa shape index (κ2) is 3.88. The first-order chi connectivity index (χ1) is 6.09. The molecule has 13 heavy (non-hydrogen) atoms. The van der Waals surface area contributed by atoms with Crippen molar-refractivity contribution < 1.29 is 4.79 Å². The Labute approximate surface area is 80.8 Å². The van der Waals surface area contributed by atoms with Gasteiger partial charge < -0.3 is 4.79 Å². The highest BCUT2D eigenvalue weighted by Gasteiger charge is 2.30. The molecule has 0 aliphatic heterocycles. The molecule has 1 aromatic carbocycles. The summed E-state index contributed by atoms with van der Waals surface area (Å²) >= 11 is 0. The van der Waals surface area contributed by atoms with Crippen LogP contribution in [0.5, 0.6) is 0 Å². The molecular formula is C11H16OSi. The van der Waals surface area contributed by atoms with E-state index in [0.717, 1.165) is 0 Å². The van der Waals surface area contributed by atoms with Crippen LogP contribution in [-0.2, 0) is 4.79 Å². The van der Waals surface area contributed by atoms with Crippen LogP contribution in [0.1, 0.15) is 13.3 Å². The highest BCUT2D eigenvalue weighted by atomic mass is 28.3. The Kier molecular flexibility index (Phi) is 3.04. The minimum absolute atomic E-state index is 0.429. The summed E-state index contributed by atoms with van der Waals surface area (Å²) in [6.07, 6.45) is 0.661. The Morgan fingerprint density at radius 2 is 1.77 bits per heavy atom. The lowest BCUT2D eigenvalue weighted by molar-refractivity contribution is -0.112. The van der Waals surface area contributed by atoms with Crippen molar-refractivity contribution in [3.05, 3.63) is 30.3 Å². The van der Waals surface area contributed by atoms with Gasteiger partial charge in [-0.2, -0.15) is 0 Å². The molecule has 0 N–H and O–H groups in total. The smallest absolute Gasteiger partial charge is 0.157 e. The summed E-state index contributed by atoms with van der Waals surface area (Å²) in [5.74, 6) is 0. The fraction of sp³-hybridized carbons (Fsp3) is 0.364. The largest absolute Gasteiger partial charge is 0.305 e. The molecule has 0 saturated carbocycles. The van der Waals surface area contributed by atoms with Gasteiger partial charge in [0.1, 0.15) is 5.41 Å². The molecule has 0 amide bonds. The van der Waals surface area contributed by atoms with E-state index in [1.807, 2.05) is 25.1 Å². The number of hydrogen-bond donors (Lipinski definition) is 0. The van der Waals surface area contributed by atoms with Gasteiger partial charge in [0.25, 0.3) is 0 Å². The van der Waals surface area contributed by atoms with E-state index in [1.54, 1.807) is 0 Å². The SMILES string of the molecule is CCC(=O)[Si](C)(C)c1ccccc1. The van der Waals surface area contributed by atoms with E-state index in [1.165, 1.54) is 5.19 Å². The van der Waals surface area contributed by atoms with Gasteiger partial charge in [-0.25, -0.2) is 0 Å². The molecule has 0 heterocycles. The molecule has 0 fully saturated rings. The molecular weight excluding hydrogens is 176 g/mol. The zero-order valence-corrected chi connectivity index (χ0v) is 9.50. The summed E-state index contributed by atoms with van der Waals surface area (Å²) in [6, 6.07) is 10.1. The predicted molar refractivity (Wildman–Crippen MR) is 58.9 cm³/mol. The highest BCUT2D eigenvalue weighted by Crippen LogP contribution is 2.06. The van der Waals surface area contributed by atoms with Gasteiger partial charge in [-0.15, -0.1) is 0 Å². The van der Waals surface area contributed by atoms with Gasteiger partial charge in [-0.1, -0.05) is 55.5 Å². The fourth-order valence-corrected chi connectivity index (χ4v) is 3.69. The van der Waals surface area contributed by atoms with Crippen molar-refractivity contribution in [3.63, 3.8) is 0 Å². The standard InChI is InChI=1S/C11H16OSi/c1-4-11(12)13(2,3)10-8-6-5-7-9-10/h5-9H,4H2,1-3H3. The lowest BCUT2D eigenvalue weighted by atomic mass is 10.4. The fourth-order valence-electron chi connectivity index (χ4n) is 1.46. The van der Waals surface area contributed by atoms with Crippen molar-refractivity contribution in [1.82, 2.24) is 0 Å². The molecule has 70 valence electrons. The Hall–Kier alpha value is -0.893.